The summed E-state index contributed by atoms with van der Waals surface area (Å²) in [6.07, 6.45) is 4.07. The molecular formula is C38H44ClF3N8O2. The van der Waals surface area contributed by atoms with E-state index in [1.54, 1.807) is 12.4 Å². The molecule has 0 saturated carbocycles. The zero-order chi connectivity index (χ0) is 36.4. The molecule has 276 valence electrons. The quantitative estimate of drug-likeness (QED) is 0.170. The van der Waals surface area contributed by atoms with Crippen molar-refractivity contribution in [2.24, 2.45) is 0 Å². The molecule has 0 spiro atoms. The maximum Gasteiger partial charge on any atom is 0.418 e. The standard InChI is InChI=1S/C38H44ClF3N8O2/c39-30-22-25(21-29(35(30)43)38(40,41)42)20-27(36-45-32-24-44-12-8-33(32)50(36)16-5-15-47-13-3-4-14-47)23-34(51)48-17-10-28(11-18-48)49-19-9-26-6-1-2-7-31(26)46-37(49)52/h1-2,6-8,12,21-22,24,27-28H,3-5,9-11,13-20,23,43H2,(H,46,52). The topological polar surface area (TPSA) is 113 Å². The van der Waals surface area contributed by atoms with Crippen LogP contribution in [0.25, 0.3) is 11.0 Å². The Balaban J connectivity index is 1.12. The Kier molecular flexibility index (Phi) is 10.6. The summed E-state index contributed by atoms with van der Waals surface area (Å²) in [6.45, 7) is 5.24. The van der Waals surface area contributed by atoms with Gasteiger partial charge in [0.1, 0.15) is 11.3 Å². The Bertz CT molecular complexity index is 1920. The number of fused-ring (bicyclic) bond motifs is 2. The third kappa shape index (κ3) is 7.85. The van der Waals surface area contributed by atoms with Crippen LogP contribution in [0.4, 0.5) is 29.3 Å². The summed E-state index contributed by atoms with van der Waals surface area (Å²) in [7, 11) is 0. The number of hydrogen-bond donors (Lipinski definition) is 2. The lowest BCUT2D eigenvalue weighted by atomic mass is 9.92. The number of urea groups is 1. The number of likely N-dealkylation sites (tertiary alicyclic amines) is 2. The van der Waals surface area contributed by atoms with Gasteiger partial charge in [0.05, 0.1) is 28.0 Å². The van der Waals surface area contributed by atoms with Crippen molar-refractivity contribution in [1.29, 1.82) is 0 Å². The van der Waals surface area contributed by atoms with Crippen molar-refractivity contribution in [3.63, 3.8) is 0 Å². The van der Waals surface area contributed by atoms with E-state index in [1.165, 1.54) is 18.9 Å². The van der Waals surface area contributed by atoms with Crippen molar-refractivity contribution in [3.05, 3.63) is 82.4 Å². The van der Waals surface area contributed by atoms with E-state index in [2.05, 4.69) is 19.8 Å². The molecule has 3 aliphatic rings. The van der Waals surface area contributed by atoms with Crippen molar-refractivity contribution in [3.8, 4) is 0 Å². The molecular weight excluding hydrogens is 693 g/mol. The lowest BCUT2D eigenvalue weighted by Gasteiger charge is -2.38. The van der Waals surface area contributed by atoms with Gasteiger partial charge in [-0.3, -0.25) is 9.78 Å². The molecule has 1 unspecified atom stereocenters. The molecule has 1 atom stereocenters. The van der Waals surface area contributed by atoms with Crippen LogP contribution in [-0.4, -0.2) is 86.5 Å². The van der Waals surface area contributed by atoms with E-state index in [4.69, 9.17) is 22.3 Å². The number of para-hydroxylation sites is 1. The number of benzene rings is 2. The van der Waals surface area contributed by atoms with E-state index in [9.17, 15) is 22.8 Å². The summed E-state index contributed by atoms with van der Waals surface area (Å²) in [6, 6.07) is 12.1. The monoisotopic (exact) mass is 736 g/mol. The highest BCUT2D eigenvalue weighted by molar-refractivity contribution is 6.33. The summed E-state index contributed by atoms with van der Waals surface area (Å²) < 4.78 is 44.2. The zero-order valence-electron chi connectivity index (χ0n) is 29.0. The number of aryl methyl sites for hydroxylation is 1. The third-order valence-corrected chi connectivity index (χ3v) is 11.1. The van der Waals surface area contributed by atoms with Gasteiger partial charge in [-0.1, -0.05) is 29.8 Å². The molecule has 0 bridgehead atoms. The Labute approximate surface area is 306 Å². The summed E-state index contributed by atoms with van der Waals surface area (Å²) in [4.78, 5) is 42.7. The summed E-state index contributed by atoms with van der Waals surface area (Å²) in [5.74, 6) is -0.0300. The van der Waals surface area contributed by atoms with Crippen LogP contribution in [0, 0.1) is 0 Å². The molecule has 3 amide bonds. The van der Waals surface area contributed by atoms with Crippen LogP contribution in [0.15, 0.2) is 54.9 Å². The number of aromatic nitrogens is 3. The molecule has 4 aromatic rings. The molecule has 5 heterocycles. The van der Waals surface area contributed by atoms with E-state index in [1.807, 2.05) is 40.1 Å². The second kappa shape index (κ2) is 15.3. The van der Waals surface area contributed by atoms with Gasteiger partial charge in [0.2, 0.25) is 5.91 Å². The van der Waals surface area contributed by atoms with E-state index in [0.717, 1.165) is 55.3 Å². The average Bonchev–Trinajstić information content (AvgIpc) is 3.74. The number of nitrogens with two attached hydrogens (primary N) is 1. The summed E-state index contributed by atoms with van der Waals surface area (Å²) in [5.41, 5.74) is 8.05. The minimum Gasteiger partial charge on any atom is -0.397 e. The first-order valence-electron chi connectivity index (χ1n) is 18.2. The number of halogens is 4. The normalized spacial score (nSPS) is 18.0. The Morgan fingerprint density at radius 3 is 2.58 bits per heavy atom. The van der Waals surface area contributed by atoms with Gasteiger partial charge in [-0.2, -0.15) is 13.2 Å². The Morgan fingerprint density at radius 2 is 1.81 bits per heavy atom. The SMILES string of the molecule is Nc1c(Cl)cc(CC(CC(=O)N2CCC(N3CCc4ccccc4NC3=O)CC2)c2nc3cnccc3n2CCCN2CCCC2)cc1C(F)(F)F. The average molecular weight is 737 g/mol. The number of nitrogens with one attached hydrogen (secondary N) is 1. The fourth-order valence-electron chi connectivity index (χ4n) is 8.08. The number of hydrogen-bond acceptors (Lipinski definition) is 6. The second-order valence-electron chi connectivity index (χ2n) is 14.2. The van der Waals surface area contributed by atoms with Crippen LogP contribution in [0.5, 0.6) is 0 Å². The first-order valence-corrected chi connectivity index (χ1v) is 18.5. The number of carbonyl (C=O) groups excluding carboxylic acids is 2. The fraction of sp³-hybridized carbons (Fsp3) is 0.474. The van der Waals surface area contributed by atoms with E-state index >= 15 is 0 Å². The van der Waals surface area contributed by atoms with Gasteiger partial charge in [-0.05, 0) is 100.0 Å². The highest BCUT2D eigenvalue weighted by Gasteiger charge is 2.36. The van der Waals surface area contributed by atoms with Gasteiger partial charge in [-0.15, -0.1) is 0 Å². The Hall–Kier alpha value is -4.36. The molecule has 2 fully saturated rings. The number of nitrogens with zero attached hydrogens (tertiary/aromatic N) is 6. The van der Waals surface area contributed by atoms with E-state index in [-0.39, 0.29) is 35.8 Å². The predicted octanol–water partition coefficient (Wildman–Crippen LogP) is 6.97. The molecule has 0 aliphatic carbocycles. The number of carbonyl (C=O) groups is 2. The lowest BCUT2D eigenvalue weighted by Crippen LogP contribution is -2.50. The minimum atomic E-state index is -4.69. The highest BCUT2D eigenvalue weighted by atomic mass is 35.5. The van der Waals surface area contributed by atoms with Gasteiger partial charge < -0.3 is 30.3 Å². The largest absolute Gasteiger partial charge is 0.418 e. The number of piperidine rings is 1. The van der Waals surface area contributed by atoms with Crippen LogP contribution < -0.4 is 11.1 Å². The number of alkyl halides is 3. The van der Waals surface area contributed by atoms with Gasteiger partial charge in [0, 0.05) is 56.4 Å². The first kappa shape index (κ1) is 36.0. The van der Waals surface area contributed by atoms with Gasteiger partial charge >= 0.3 is 12.2 Å². The smallest absolute Gasteiger partial charge is 0.397 e. The molecule has 52 heavy (non-hydrogen) atoms. The molecule has 2 aromatic carbocycles. The van der Waals surface area contributed by atoms with Gasteiger partial charge in [0.15, 0.2) is 0 Å². The third-order valence-electron chi connectivity index (χ3n) is 10.8. The summed E-state index contributed by atoms with van der Waals surface area (Å²) in [5, 5.41) is 2.86. The number of amides is 3. The van der Waals surface area contributed by atoms with E-state index < -0.39 is 23.3 Å². The molecule has 14 heteroatoms. The lowest BCUT2D eigenvalue weighted by molar-refractivity contribution is -0.137. The number of pyridine rings is 1. The maximum atomic E-state index is 14.1. The van der Waals surface area contributed by atoms with Crippen LogP contribution in [0.2, 0.25) is 5.02 Å². The van der Waals surface area contributed by atoms with Crippen molar-refractivity contribution >= 4 is 45.9 Å². The minimum absolute atomic E-state index is 0.0147. The fourth-order valence-corrected chi connectivity index (χ4v) is 8.32. The number of rotatable bonds is 10. The van der Waals surface area contributed by atoms with Crippen LogP contribution in [-0.2, 0) is 30.4 Å². The highest BCUT2D eigenvalue weighted by Crippen LogP contribution is 2.39. The molecule has 3 aliphatic heterocycles. The first-order chi connectivity index (χ1) is 25.0. The number of nitrogen functional groups attached to an aromatic ring is 1. The van der Waals surface area contributed by atoms with E-state index in [0.29, 0.717) is 55.9 Å². The van der Waals surface area contributed by atoms with Crippen LogP contribution >= 0.6 is 11.6 Å². The second-order valence-corrected chi connectivity index (χ2v) is 14.6. The molecule has 2 aromatic heterocycles. The molecule has 3 N–H and O–H groups in total. The van der Waals surface area contributed by atoms with Crippen molar-refractivity contribution in [2.75, 3.05) is 50.3 Å². The van der Waals surface area contributed by atoms with Crippen molar-refractivity contribution in [1.82, 2.24) is 29.2 Å². The molecule has 2 saturated heterocycles. The maximum absolute atomic E-state index is 14.1. The van der Waals surface area contributed by atoms with Crippen LogP contribution in [0.3, 0.4) is 0 Å². The summed E-state index contributed by atoms with van der Waals surface area (Å²) >= 11 is 6.27. The van der Waals surface area contributed by atoms with Crippen molar-refractivity contribution in [2.45, 2.75) is 76.0 Å². The zero-order valence-corrected chi connectivity index (χ0v) is 29.8. The molecule has 7 rings (SSSR count). The van der Waals surface area contributed by atoms with Gasteiger partial charge in [0.25, 0.3) is 0 Å². The van der Waals surface area contributed by atoms with Gasteiger partial charge in [-0.25, -0.2) is 9.78 Å². The van der Waals surface area contributed by atoms with Crippen LogP contribution in [0.1, 0.15) is 67.0 Å². The Morgan fingerprint density at radius 1 is 1.04 bits per heavy atom. The molecule has 0 radical (unpaired) electrons. The predicted molar refractivity (Wildman–Crippen MR) is 195 cm³/mol. The molecule has 10 nitrogen and oxygen atoms in total. The van der Waals surface area contributed by atoms with Crippen molar-refractivity contribution < 1.29 is 22.8 Å². The number of imidazole rings is 1. The number of anilines is 2.